The van der Waals surface area contributed by atoms with E-state index < -0.39 is 0 Å². The molecule has 1 aliphatic rings. The third kappa shape index (κ3) is 5.79. The van der Waals surface area contributed by atoms with Crippen LogP contribution in [-0.4, -0.2) is 48.5 Å². The minimum atomic E-state index is -0.110. The second-order valence-corrected chi connectivity index (χ2v) is 7.59. The van der Waals surface area contributed by atoms with Crippen molar-refractivity contribution in [3.8, 4) is 0 Å². The monoisotopic (exact) mass is 366 g/mol. The van der Waals surface area contributed by atoms with Crippen molar-refractivity contribution in [3.05, 3.63) is 54.2 Å². The third-order valence-corrected chi connectivity index (χ3v) is 4.98. The van der Waals surface area contributed by atoms with E-state index in [0.29, 0.717) is 5.56 Å². The van der Waals surface area contributed by atoms with E-state index in [-0.39, 0.29) is 5.91 Å². The van der Waals surface area contributed by atoms with Gasteiger partial charge in [-0.05, 0) is 56.1 Å². The number of aromatic nitrogens is 1. The van der Waals surface area contributed by atoms with Crippen LogP contribution in [0.3, 0.4) is 0 Å². The number of amides is 1. The fourth-order valence-corrected chi connectivity index (χ4v) is 3.30. The Bertz CT molecular complexity index is 715. The molecule has 0 unspecified atom stereocenters. The molecule has 1 aromatic heterocycles. The van der Waals surface area contributed by atoms with Crippen LogP contribution in [0.25, 0.3) is 0 Å². The van der Waals surface area contributed by atoms with E-state index in [2.05, 4.69) is 33.9 Å². The molecule has 0 saturated carbocycles. The molecule has 1 amide bonds. The van der Waals surface area contributed by atoms with Crippen LogP contribution in [0.1, 0.15) is 37.0 Å². The highest BCUT2D eigenvalue weighted by Gasteiger charge is 2.16. The van der Waals surface area contributed by atoms with Gasteiger partial charge < -0.3 is 15.1 Å². The second kappa shape index (κ2) is 9.51. The van der Waals surface area contributed by atoms with Crippen LogP contribution in [0.2, 0.25) is 0 Å². The largest absolute Gasteiger partial charge is 0.355 e. The lowest BCUT2D eigenvalue weighted by Crippen LogP contribution is -2.32. The summed E-state index contributed by atoms with van der Waals surface area (Å²) in [6.07, 6.45) is 4.16. The van der Waals surface area contributed by atoms with Crippen LogP contribution in [0.4, 0.5) is 11.5 Å². The molecule has 0 spiro atoms. The predicted octanol–water partition coefficient (Wildman–Crippen LogP) is 3.89. The van der Waals surface area contributed by atoms with E-state index in [0.717, 1.165) is 50.0 Å². The molecule has 2 heterocycles. The first-order valence-electron chi connectivity index (χ1n) is 9.91. The first-order chi connectivity index (χ1) is 13.1. The first kappa shape index (κ1) is 19.4. The second-order valence-electron chi connectivity index (χ2n) is 7.59. The maximum absolute atomic E-state index is 12.2. The van der Waals surface area contributed by atoms with Gasteiger partial charge in [0.2, 0.25) is 0 Å². The molecule has 1 N–H and O–H groups in total. The van der Waals surface area contributed by atoms with Crippen LogP contribution in [-0.2, 0) is 0 Å². The summed E-state index contributed by atoms with van der Waals surface area (Å²) >= 11 is 0. The van der Waals surface area contributed by atoms with E-state index in [9.17, 15) is 4.79 Å². The topological polar surface area (TPSA) is 48.5 Å². The number of hydrogen-bond acceptors (Lipinski definition) is 4. The Labute approximate surface area is 162 Å². The molecule has 5 heteroatoms. The van der Waals surface area contributed by atoms with E-state index >= 15 is 0 Å². The van der Waals surface area contributed by atoms with Crippen molar-refractivity contribution >= 4 is 17.4 Å². The fourth-order valence-electron chi connectivity index (χ4n) is 3.30. The smallest absolute Gasteiger partial charge is 0.255 e. The number of nitrogens with one attached hydrogen (secondary N) is 1. The minimum absolute atomic E-state index is 0.110. The Morgan fingerprint density at radius 2 is 1.89 bits per heavy atom. The Morgan fingerprint density at radius 3 is 2.59 bits per heavy atom. The first-order valence-corrected chi connectivity index (χ1v) is 9.91. The van der Waals surface area contributed by atoms with Crippen LogP contribution in [0.15, 0.2) is 48.7 Å². The fraction of sp³-hybridized carbons (Fsp3) is 0.455. The van der Waals surface area contributed by atoms with Gasteiger partial charge in [0.15, 0.2) is 0 Å². The zero-order valence-corrected chi connectivity index (χ0v) is 16.4. The maximum Gasteiger partial charge on any atom is 0.255 e. The molecule has 1 saturated heterocycles. The highest BCUT2D eigenvalue weighted by Crippen LogP contribution is 2.17. The van der Waals surface area contributed by atoms with Crippen molar-refractivity contribution in [2.75, 3.05) is 42.9 Å². The molecule has 144 valence electrons. The summed E-state index contributed by atoms with van der Waals surface area (Å²) in [4.78, 5) is 21.7. The molecule has 2 aromatic rings. The SMILES string of the molecule is CC(C)CCN1CCCN(c2ccc(NC(=O)c3ccccc3)cn2)CC1. The lowest BCUT2D eigenvalue weighted by atomic mass is 10.1. The molecule has 0 aliphatic carbocycles. The summed E-state index contributed by atoms with van der Waals surface area (Å²) in [6.45, 7) is 10.0. The standard InChI is InChI=1S/C22H30N4O/c1-18(2)11-14-25-12-6-13-26(16-15-25)21-10-9-20(17-23-21)24-22(27)19-7-4-3-5-8-19/h3-5,7-10,17-18H,6,11-16H2,1-2H3,(H,24,27). The van der Waals surface area contributed by atoms with E-state index in [1.54, 1.807) is 18.3 Å². The van der Waals surface area contributed by atoms with Gasteiger partial charge in [0.25, 0.3) is 5.91 Å². The zero-order valence-electron chi connectivity index (χ0n) is 16.4. The summed E-state index contributed by atoms with van der Waals surface area (Å²) in [5.74, 6) is 1.63. The van der Waals surface area contributed by atoms with Crippen molar-refractivity contribution in [2.24, 2.45) is 5.92 Å². The van der Waals surface area contributed by atoms with Gasteiger partial charge >= 0.3 is 0 Å². The van der Waals surface area contributed by atoms with Gasteiger partial charge in [-0.1, -0.05) is 32.0 Å². The molecule has 0 atom stereocenters. The molecule has 5 nitrogen and oxygen atoms in total. The highest BCUT2D eigenvalue weighted by molar-refractivity contribution is 6.04. The average molecular weight is 367 g/mol. The zero-order chi connectivity index (χ0) is 19.1. The number of anilines is 2. The normalized spacial score (nSPS) is 15.6. The van der Waals surface area contributed by atoms with Crippen molar-refractivity contribution < 1.29 is 4.79 Å². The lowest BCUT2D eigenvalue weighted by Gasteiger charge is -2.23. The number of hydrogen-bond donors (Lipinski definition) is 1. The molecular weight excluding hydrogens is 336 g/mol. The number of carbonyl (C=O) groups is 1. The lowest BCUT2D eigenvalue weighted by molar-refractivity contribution is 0.102. The number of carbonyl (C=O) groups excluding carboxylic acids is 1. The highest BCUT2D eigenvalue weighted by atomic mass is 16.1. The molecular formula is C22H30N4O. The van der Waals surface area contributed by atoms with Crippen molar-refractivity contribution in [1.29, 1.82) is 0 Å². The predicted molar refractivity (Wildman–Crippen MR) is 111 cm³/mol. The van der Waals surface area contributed by atoms with Gasteiger partial charge in [-0.15, -0.1) is 0 Å². The maximum atomic E-state index is 12.2. The number of pyridine rings is 1. The average Bonchev–Trinajstić information content (AvgIpc) is 2.93. The van der Waals surface area contributed by atoms with E-state index in [4.69, 9.17) is 0 Å². The van der Waals surface area contributed by atoms with Gasteiger partial charge in [0.1, 0.15) is 5.82 Å². The van der Waals surface area contributed by atoms with Crippen LogP contribution in [0, 0.1) is 5.92 Å². The van der Waals surface area contributed by atoms with Gasteiger partial charge in [-0.25, -0.2) is 4.98 Å². The Balaban J connectivity index is 1.55. The van der Waals surface area contributed by atoms with Crippen LogP contribution in [0.5, 0.6) is 0 Å². The van der Waals surface area contributed by atoms with Gasteiger partial charge in [0.05, 0.1) is 11.9 Å². The third-order valence-electron chi connectivity index (χ3n) is 4.98. The number of benzene rings is 1. The summed E-state index contributed by atoms with van der Waals surface area (Å²) in [6, 6.07) is 13.2. The van der Waals surface area contributed by atoms with Gasteiger partial charge in [0, 0.05) is 25.2 Å². The van der Waals surface area contributed by atoms with Crippen molar-refractivity contribution in [1.82, 2.24) is 9.88 Å². The molecule has 27 heavy (non-hydrogen) atoms. The molecule has 0 bridgehead atoms. The summed E-state index contributed by atoms with van der Waals surface area (Å²) < 4.78 is 0. The van der Waals surface area contributed by atoms with Gasteiger partial charge in [-0.2, -0.15) is 0 Å². The summed E-state index contributed by atoms with van der Waals surface area (Å²) in [5, 5.41) is 2.91. The number of rotatable bonds is 6. The van der Waals surface area contributed by atoms with E-state index in [1.165, 1.54) is 13.0 Å². The van der Waals surface area contributed by atoms with Crippen molar-refractivity contribution in [3.63, 3.8) is 0 Å². The quantitative estimate of drug-likeness (QED) is 0.842. The summed E-state index contributed by atoms with van der Waals surface area (Å²) in [5.41, 5.74) is 1.37. The van der Waals surface area contributed by atoms with Gasteiger partial charge in [-0.3, -0.25) is 4.79 Å². The van der Waals surface area contributed by atoms with Crippen LogP contribution < -0.4 is 10.2 Å². The molecule has 1 aromatic carbocycles. The minimum Gasteiger partial charge on any atom is -0.355 e. The molecule has 1 aliphatic heterocycles. The summed E-state index contributed by atoms with van der Waals surface area (Å²) in [7, 11) is 0. The molecule has 1 fully saturated rings. The Kier molecular flexibility index (Phi) is 6.82. The van der Waals surface area contributed by atoms with Crippen molar-refractivity contribution in [2.45, 2.75) is 26.7 Å². The Morgan fingerprint density at radius 1 is 1.07 bits per heavy atom. The Hall–Kier alpha value is -2.40. The molecule has 0 radical (unpaired) electrons. The number of nitrogens with zero attached hydrogens (tertiary/aromatic N) is 3. The van der Waals surface area contributed by atoms with Crippen LogP contribution >= 0.6 is 0 Å². The van der Waals surface area contributed by atoms with E-state index in [1.807, 2.05) is 30.3 Å². The molecule has 3 rings (SSSR count).